The number of amides is 1. The fourth-order valence-corrected chi connectivity index (χ4v) is 3.35. The zero-order chi connectivity index (χ0) is 23.8. The number of fused-ring (bicyclic) bond motifs is 1. The number of alkyl halides is 3. The highest BCUT2D eigenvalue weighted by molar-refractivity contribution is 6.00. The number of imidazole rings is 1. The Balaban J connectivity index is 1.74. The van der Waals surface area contributed by atoms with Crippen molar-refractivity contribution in [3.05, 3.63) is 54.4 Å². The van der Waals surface area contributed by atoms with Gasteiger partial charge in [-0.05, 0) is 25.1 Å². The minimum absolute atomic E-state index is 0.0561. The second-order valence-electron chi connectivity index (χ2n) is 7.05. The van der Waals surface area contributed by atoms with Crippen molar-refractivity contribution in [2.45, 2.75) is 13.1 Å². The van der Waals surface area contributed by atoms with Crippen LogP contribution in [-0.4, -0.2) is 57.2 Å². The summed E-state index contributed by atoms with van der Waals surface area (Å²) in [6.07, 6.45) is -1.36. The number of carbonyl (C=O) groups excluding carboxylic acids is 1. The van der Waals surface area contributed by atoms with Gasteiger partial charge >= 0.3 is 6.18 Å². The summed E-state index contributed by atoms with van der Waals surface area (Å²) < 4.78 is 51.6. The Labute approximate surface area is 185 Å². The molecule has 0 atom stereocenters. The summed E-state index contributed by atoms with van der Waals surface area (Å²) in [5, 5.41) is 6.12. The van der Waals surface area contributed by atoms with Crippen molar-refractivity contribution in [3.63, 3.8) is 0 Å². The van der Waals surface area contributed by atoms with Gasteiger partial charge in [-0.2, -0.15) is 18.3 Å². The predicted molar refractivity (Wildman–Crippen MR) is 112 cm³/mol. The average Bonchev–Trinajstić information content (AvgIpc) is 3.41. The first-order valence-electron chi connectivity index (χ1n) is 9.67. The van der Waals surface area contributed by atoms with Gasteiger partial charge in [0.1, 0.15) is 42.1 Å². The molecule has 0 bridgehead atoms. The van der Waals surface area contributed by atoms with Crippen LogP contribution < -0.4 is 14.8 Å². The van der Waals surface area contributed by atoms with E-state index in [0.29, 0.717) is 17.0 Å². The first-order valence-corrected chi connectivity index (χ1v) is 9.67. The molecule has 1 N–H and O–H groups in total. The molecule has 0 saturated heterocycles. The van der Waals surface area contributed by atoms with Crippen LogP contribution >= 0.6 is 0 Å². The first-order chi connectivity index (χ1) is 15.7. The zero-order valence-electron chi connectivity index (χ0n) is 17.8. The monoisotopic (exact) mass is 460 g/mol. The van der Waals surface area contributed by atoms with Crippen molar-refractivity contribution in [1.82, 2.24) is 29.6 Å². The van der Waals surface area contributed by atoms with Gasteiger partial charge < -0.3 is 14.8 Å². The molecule has 0 spiro atoms. The van der Waals surface area contributed by atoms with Crippen LogP contribution in [0.2, 0.25) is 0 Å². The van der Waals surface area contributed by atoms with Crippen LogP contribution in [0.15, 0.2) is 43.0 Å². The average molecular weight is 460 g/mol. The van der Waals surface area contributed by atoms with Crippen LogP contribution in [0, 0.1) is 6.92 Å². The van der Waals surface area contributed by atoms with E-state index in [4.69, 9.17) is 9.47 Å². The van der Waals surface area contributed by atoms with Gasteiger partial charge in [0.15, 0.2) is 0 Å². The Kier molecular flexibility index (Phi) is 5.66. The Morgan fingerprint density at radius 3 is 2.30 bits per heavy atom. The van der Waals surface area contributed by atoms with Crippen LogP contribution in [0.5, 0.6) is 11.5 Å². The molecule has 2 aromatic heterocycles. The van der Waals surface area contributed by atoms with Crippen molar-refractivity contribution in [2.75, 3.05) is 20.8 Å². The van der Waals surface area contributed by atoms with Crippen LogP contribution in [0.25, 0.3) is 22.4 Å². The van der Waals surface area contributed by atoms with Gasteiger partial charge in [0.25, 0.3) is 5.91 Å². The highest BCUT2D eigenvalue weighted by Gasteiger charge is 2.30. The fourth-order valence-electron chi connectivity index (χ4n) is 3.35. The number of halogens is 3. The summed E-state index contributed by atoms with van der Waals surface area (Å²) in [6, 6.07) is 8.59. The molecule has 4 aromatic rings. The summed E-state index contributed by atoms with van der Waals surface area (Å²) in [6.45, 7) is 0.317. The van der Waals surface area contributed by atoms with Gasteiger partial charge in [0, 0.05) is 12.1 Å². The molecule has 0 radical (unpaired) electrons. The van der Waals surface area contributed by atoms with Crippen molar-refractivity contribution in [3.8, 4) is 22.9 Å². The molecule has 172 valence electrons. The Morgan fingerprint density at radius 2 is 1.73 bits per heavy atom. The quantitative estimate of drug-likeness (QED) is 0.475. The molecule has 0 aliphatic carbocycles. The number of hydrogen-bond acceptors (Lipinski definition) is 6. The van der Waals surface area contributed by atoms with Gasteiger partial charge in [-0.15, -0.1) is 0 Å². The number of nitrogens with one attached hydrogen (secondary N) is 1. The predicted octanol–water partition coefficient (Wildman–Crippen LogP) is 3.22. The third kappa shape index (κ3) is 4.45. The molecule has 0 aliphatic heterocycles. The van der Waals surface area contributed by atoms with Gasteiger partial charge in [0.2, 0.25) is 0 Å². The number of nitrogens with zero attached hydrogens (tertiary/aromatic N) is 5. The number of aromatic nitrogens is 5. The van der Waals surface area contributed by atoms with E-state index in [1.165, 1.54) is 26.4 Å². The number of carbonyl (C=O) groups is 1. The van der Waals surface area contributed by atoms with Crippen molar-refractivity contribution in [2.24, 2.45) is 0 Å². The Hall–Kier alpha value is -4.09. The number of ether oxygens (including phenoxy) is 2. The molecule has 33 heavy (non-hydrogen) atoms. The standard InChI is InChI=1S/C21H19F3N6O3/c1-12-26-11-30(28-12)13-4-5-16-15(6-13)27-10-29(16)14-7-17(32-2)19(18(8-14)33-3)20(31)25-9-21(22,23)24/h4-8,10-11H,9H2,1-3H3,(H,25,31). The number of methoxy groups -OCH3 is 2. The maximum Gasteiger partial charge on any atom is 0.405 e. The lowest BCUT2D eigenvalue weighted by Crippen LogP contribution is -2.34. The van der Waals surface area contributed by atoms with Crippen LogP contribution in [-0.2, 0) is 0 Å². The number of benzene rings is 2. The second-order valence-corrected chi connectivity index (χ2v) is 7.05. The zero-order valence-corrected chi connectivity index (χ0v) is 17.8. The maximum absolute atomic E-state index is 12.5. The highest BCUT2D eigenvalue weighted by Crippen LogP contribution is 2.33. The molecule has 0 unspecified atom stereocenters. The van der Waals surface area contributed by atoms with E-state index < -0.39 is 18.6 Å². The van der Waals surface area contributed by atoms with E-state index in [0.717, 1.165) is 11.2 Å². The van der Waals surface area contributed by atoms with Gasteiger partial charge in [0.05, 0.1) is 36.6 Å². The van der Waals surface area contributed by atoms with Crippen molar-refractivity contribution in [1.29, 1.82) is 0 Å². The van der Waals surface area contributed by atoms with Crippen molar-refractivity contribution >= 4 is 16.9 Å². The SMILES string of the molecule is COc1cc(-n2cnc3cc(-n4cnc(C)n4)ccc32)cc(OC)c1C(=O)NCC(F)(F)F. The molecule has 0 aliphatic rings. The minimum atomic E-state index is -4.55. The van der Waals surface area contributed by atoms with E-state index >= 15 is 0 Å². The van der Waals surface area contributed by atoms with E-state index in [9.17, 15) is 18.0 Å². The molecule has 2 aromatic carbocycles. The summed E-state index contributed by atoms with van der Waals surface area (Å²) in [5.74, 6) is -0.212. The van der Waals surface area contributed by atoms with E-state index in [2.05, 4.69) is 15.1 Å². The van der Waals surface area contributed by atoms with E-state index in [-0.39, 0.29) is 17.1 Å². The van der Waals surface area contributed by atoms with Crippen LogP contribution in [0.4, 0.5) is 13.2 Å². The van der Waals surface area contributed by atoms with Crippen molar-refractivity contribution < 1.29 is 27.4 Å². The summed E-state index contributed by atoms with van der Waals surface area (Å²) in [5.41, 5.74) is 2.60. The maximum atomic E-state index is 12.5. The minimum Gasteiger partial charge on any atom is -0.496 e. The molecule has 12 heteroatoms. The molecule has 2 heterocycles. The number of aryl methyl sites for hydroxylation is 1. The fraction of sp³-hybridized carbons (Fsp3) is 0.238. The highest BCUT2D eigenvalue weighted by atomic mass is 19.4. The smallest absolute Gasteiger partial charge is 0.405 e. The second kappa shape index (κ2) is 8.45. The summed E-state index contributed by atoms with van der Waals surface area (Å²) >= 11 is 0. The third-order valence-electron chi connectivity index (χ3n) is 4.85. The largest absolute Gasteiger partial charge is 0.496 e. The van der Waals surface area contributed by atoms with E-state index in [1.54, 1.807) is 28.8 Å². The molecular weight excluding hydrogens is 441 g/mol. The van der Waals surface area contributed by atoms with Crippen LogP contribution in [0.3, 0.4) is 0 Å². The molecular formula is C21H19F3N6O3. The summed E-state index contributed by atoms with van der Waals surface area (Å²) in [4.78, 5) is 21.0. The third-order valence-corrected chi connectivity index (χ3v) is 4.85. The van der Waals surface area contributed by atoms with Gasteiger partial charge in [-0.25, -0.2) is 14.6 Å². The first kappa shape index (κ1) is 22.1. The lowest BCUT2D eigenvalue weighted by Gasteiger charge is -2.16. The lowest BCUT2D eigenvalue weighted by molar-refractivity contribution is -0.123. The van der Waals surface area contributed by atoms with Gasteiger partial charge in [-0.1, -0.05) is 0 Å². The van der Waals surface area contributed by atoms with Gasteiger partial charge in [-0.3, -0.25) is 9.36 Å². The topological polar surface area (TPSA) is 96.1 Å². The molecule has 9 nitrogen and oxygen atoms in total. The molecule has 0 saturated carbocycles. The lowest BCUT2D eigenvalue weighted by atomic mass is 10.1. The van der Waals surface area contributed by atoms with Crippen LogP contribution in [0.1, 0.15) is 16.2 Å². The molecule has 1 amide bonds. The Morgan fingerprint density at radius 1 is 1.03 bits per heavy atom. The molecule has 4 rings (SSSR count). The number of hydrogen-bond donors (Lipinski definition) is 1. The Bertz CT molecular complexity index is 1300. The summed E-state index contributed by atoms with van der Waals surface area (Å²) in [7, 11) is 2.63. The molecule has 0 fully saturated rings. The normalized spacial score (nSPS) is 11.6. The number of rotatable bonds is 6. The van der Waals surface area contributed by atoms with E-state index in [1.807, 2.05) is 23.5 Å².